The molecule has 0 aromatic carbocycles. The average Bonchev–Trinajstić information content (AvgIpc) is 2.80. The molecule has 104 valence electrons. The molecule has 0 aromatic rings. The van der Waals surface area contributed by atoms with E-state index in [4.69, 9.17) is 9.47 Å². The first kappa shape index (κ1) is 12.9. The molecule has 2 aliphatic carbocycles. The molecule has 18 heavy (non-hydrogen) atoms. The lowest BCUT2D eigenvalue weighted by molar-refractivity contribution is -0.133. The maximum absolute atomic E-state index is 10.1. The number of ether oxygens (including phenoxy) is 2. The molecule has 3 rings (SSSR count). The van der Waals surface area contributed by atoms with Crippen molar-refractivity contribution in [2.75, 3.05) is 6.61 Å². The number of rotatable bonds is 5. The van der Waals surface area contributed by atoms with Crippen LogP contribution in [0.3, 0.4) is 0 Å². The van der Waals surface area contributed by atoms with E-state index in [1.165, 1.54) is 0 Å². The molecule has 2 N–H and O–H groups in total. The van der Waals surface area contributed by atoms with Crippen LogP contribution in [0.1, 0.15) is 45.4 Å². The lowest BCUT2D eigenvalue weighted by Crippen LogP contribution is -2.23. The average molecular weight is 256 g/mol. The van der Waals surface area contributed by atoms with Gasteiger partial charge in [-0.3, -0.25) is 0 Å². The Morgan fingerprint density at radius 2 is 2.11 bits per heavy atom. The summed E-state index contributed by atoms with van der Waals surface area (Å²) >= 11 is 0. The van der Waals surface area contributed by atoms with Crippen LogP contribution in [0.5, 0.6) is 0 Å². The number of hydrogen-bond donors (Lipinski definition) is 2. The summed E-state index contributed by atoms with van der Waals surface area (Å²) in [5.74, 6) is 0.698. The zero-order valence-corrected chi connectivity index (χ0v) is 11.0. The number of aliphatic hydroxyl groups excluding tert-OH is 1. The van der Waals surface area contributed by atoms with E-state index in [2.05, 4.69) is 0 Å². The van der Waals surface area contributed by atoms with E-state index >= 15 is 0 Å². The third-order valence-corrected chi connectivity index (χ3v) is 4.91. The van der Waals surface area contributed by atoms with Gasteiger partial charge in [0, 0.05) is 19.4 Å². The summed E-state index contributed by atoms with van der Waals surface area (Å²) in [5.41, 5.74) is -0.406. The molecule has 1 heterocycles. The Bertz CT molecular complexity index is 302. The highest BCUT2D eigenvalue weighted by atomic mass is 16.7. The molecule has 2 saturated carbocycles. The summed E-state index contributed by atoms with van der Waals surface area (Å²) in [6, 6.07) is 0. The van der Waals surface area contributed by atoms with Crippen LogP contribution in [0.25, 0.3) is 0 Å². The Balaban J connectivity index is 1.56. The zero-order valence-electron chi connectivity index (χ0n) is 11.0. The predicted octanol–water partition coefficient (Wildman–Crippen LogP) is 1.44. The molecule has 5 atom stereocenters. The molecule has 0 bridgehead atoms. The molecule has 1 aliphatic heterocycles. The van der Waals surface area contributed by atoms with Gasteiger partial charge in [-0.05, 0) is 44.4 Å². The third kappa shape index (κ3) is 2.44. The van der Waals surface area contributed by atoms with Crippen LogP contribution < -0.4 is 0 Å². The van der Waals surface area contributed by atoms with E-state index in [0.717, 1.165) is 38.5 Å². The molecule has 4 nitrogen and oxygen atoms in total. The maximum Gasteiger partial charge on any atom is 0.158 e. The van der Waals surface area contributed by atoms with Crippen LogP contribution in [0, 0.1) is 11.8 Å². The van der Waals surface area contributed by atoms with Gasteiger partial charge in [-0.1, -0.05) is 0 Å². The van der Waals surface area contributed by atoms with Crippen molar-refractivity contribution in [3.8, 4) is 0 Å². The first-order chi connectivity index (χ1) is 8.61. The van der Waals surface area contributed by atoms with Gasteiger partial charge < -0.3 is 19.7 Å². The second kappa shape index (κ2) is 4.75. The van der Waals surface area contributed by atoms with Gasteiger partial charge in [0.05, 0.1) is 17.8 Å². The summed E-state index contributed by atoms with van der Waals surface area (Å²) < 4.78 is 11.4. The molecular weight excluding hydrogens is 232 g/mol. The SMILES string of the molecule is CCOC1C[C@@H]2[C@@H](CCC3(O)CC3)[C@@H](O)C[C@@H]2O1. The summed E-state index contributed by atoms with van der Waals surface area (Å²) in [4.78, 5) is 0. The van der Waals surface area contributed by atoms with Crippen LogP contribution in [0.4, 0.5) is 0 Å². The molecule has 0 radical (unpaired) electrons. The minimum Gasteiger partial charge on any atom is -0.393 e. The Labute approximate surface area is 108 Å². The second-order valence-electron chi connectivity index (χ2n) is 6.19. The van der Waals surface area contributed by atoms with E-state index in [1.54, 1.807) is 0 Å². The number of hydrogen-bond acceptors (Lipinski definition) is 4. The molecule has 0 amide bonds. The molecule has 0 spiro atoms. The molecule has 0 aromatic heterocycles. The number of aliphatic hydroxyl groups is 2. The Kier molecular flexibility index (Phi) is 3.39. The van der Waals surface area contributed by atoms with E-state index in [1.807, 2.05) is 6.92 Å². The van der Waals surface area contributed by atoms with Gasteiger partial charge in [-0.2, -0.15) is 0 Å². The third-order valence-electron chi connectivity index (χ3n) is 4.91. The molecule has 1 unspecified atom stereocenters. The fourth-order valence-electron chi connectivity index (χ4n) is 3.63. The lowest BCUT2D eigenvalue weighted by atomic mass is 9.87. The van der Waals surface area contributed by atoms with Crippen molar-refractivity contribution >= 4 is 0 Å². The first-order valence-electron chi connectivity index (χ1n) is 7.29. The van der Waals surface area contributed by atoms with Crippen molar-refractivity contribution in [2.24, 2.45) is 11.8 Å². The van der Waals surface area contributed by atoms with Crippen molar-refractivity contribution in [1.29, 1.82) is 0 Å². The molecule has 1 saturated heterocycles. The smallest absolute Gasteiger partial charge is 0.158 e. The standard InChI is InChI=1S/C14H24O4/c1-2-17-13-7-10-9(3-4-14(16)5-6-14)11(15)8-12(10)18-13/h9-13,15-16H,2-8H2,1H3/t9-,10-,11+,12+,13?/m1/s1. The van der Waals surface area contributed by atoms with E-state index in [9.17, 15) is 10.2 Å². The van der Waals surface area contributed by atoms with Crippen molar-refractivity contribution in [2.45, 2.75) is 69.5 Å². The van der Waals surface area contributed by atoms with Gasteiger partial charge in [-0.15, -0.1) is 0 Å². The van der Waals surface area contributed by atoms with Gasteiger partial charge in [0.1, 0.15) is 0 Å². The van der Waals surface area contributed by atoms with Crippen molar-refractivity contribution in [1.82, 2.24) is 0 Å². The van der Waals surface area contributed by atoms with Crippen molar-refractivity contribution in [3.63, 3.8) is 0 Å². The molecular formula is C14H24O4. The van der Waals surface area contributed by atoms with Crippen molar-refractivity contribution in [3.05, 3.63) is 0 Å². The maximum atomic E-state index is 10.1. The van der Waals surface area contributed by atoms with E-state index < -0.39 is 5.60 Å². The Morgan fingerprint density at radius 1 is 1.33 bits per heavy atom. The summed E-state index contributed by atoms with van der Waals surface area (Å²) in [5, 5.41) is 20.0. The Hall–Kier alpha value is -0.160. The van der Waals surface area contributed by atoms with Crippen LogP contribution in [0.2, 0.25) is 0 Å². The van der Waals surface area contributed by atoms with E-state index in [0.29, 0.717) is 12.5 Å². The first-order valence-corrected chi connectivity index (χ1v) is 7.29. The topological polar surface area (TPSA) is 58.9 Å². The van der Waals surface area contributed by atoms with Gasteiger partial charge in [-0.25, -0.2) is 0 Å². The quantitative estimate of drug-likeness (QED) is 0.781. The highest BCUT2D eigenvalue weighted by molar-refractivity contribution is 4.99. The predicted molar refractivity (Wildman–Crippen MR) is 65.9 cm³/mol. The second-order valence-corrected chi connectivity index (χ2v) is 6.19. The summed E-state index contributed by atoms with van der Waals surface area (Å²) in [6.07, 6.45) is 5.07. The van der Waals surface area contributed by atoms with Gasteiger partial charge in [0.15, 0.2) is 6.29 Å². The van der Waals surface area contributed by atoms with Gasteiger partial charge in [0.2, 0.25) is 0 Å². The fraction of sp³-hybridized carbons (Fsp3) is 1.00. The van der Waals surface area contributed by atoms with Crippen LogP contribution in [-0.2, 0) is 9.47 Å². The van der Waals surface area contributed by atoms with Crippen LogP contribution in [-0.4, -0.2) is 40.9 Å². The van der Waals surface area contributed by atoms with Crippen molar-refractivity contribution < 1.29 is 19.7 Å². The van der Waals surface area contributed by atoms with Gasteiger partial charge >= 0.3 is 0 Å². The zero-order chi connectivity index (χ0) is 12.8. The minimum absolute atomic E-state index is 0.0796. The van der Waals surface area contributed by atoms with E-state index in [-0.39, 0.29) is 24.4 Å². The Morgan fingerprint density at radius 3 is 2.78 bits per heavy atom. The molecule has 4 heteroatoms. The normalized spacial score (nSPS) is 45.2. The largest absolute Gasteiger partial charge is 0.393 e. The number of fused-ring (bicyclic) bond motifs is 1. The minimum atomic E-state index is -0.406. The summed E-state index contributed by atoms with van der Waals surface area (Å²) in [6.45, 7) is 2.66. The van der Waals surface area contributed by atoms with Crippen LogP contribution >= 0.6 is 0 Å². The summed E-state index contributed by atoms with van der Waals surface area (Å²) in [7, 11) is 0. The fourth-order valence-corrected chi connectivity index (χ4v) is 3.63. The van der Waals surface area contributed by atoms with Gasteiger partial charge in [0.25, 0.3) is 0 Å². The highest BCUT2D eigenvalue weighted by Gasteiger charge is 2.50. The monoisotopic (exact) mass is 256 g/mol. The van der Waals surface area contributed by atoms with Crippen LogP contribution in [0.15, 0.2) is 0 Å². The molecule has 3 aliphatic rings. The molecule has 3 fully saturated rings. The lowest BCUT2D eigenvalue weighted by Gasteiger charge is -2.22. The highest BCUT2D eigenvalue weighted by Crippen LogP contribution is 2.48.